The Morgan fingerprint density at radius 3 is 2.78 bits per heavy atom. The molecule has 18 heavy (non-hydrogen) atoms. The average Bonchev–Trinajstić information content (AvgIpc) is 2.94. The highest BCUT2D eigenvalue weighted by molar-refractivity contribution is 5.14. The Kier molecular flexibility index (Phi) is 2.71. The van der Waals surface area contributed by atoms with Crippen LogP contribution in [0.4, 0.5) is 0 Å². The lowest BCUT2D eigenvalue weighted by Gasteiger charge is -2.36. The molecule has 2 saturated carbocycles. The van der Waals surface area contributed by atoms with Crippen molar-refractivity contribution in [3.05, 3.63) is 11.7 Å². The highest BCUT2D eigenvalue weighted by Crippen LogP contribution is 2.45. The first-order chi connectivity index (χ1) is 8.58. The van der Waals surface area contributed by atoms with E-state index >= 15 is 0 Å². The Labute approximate surface area is 107 Å². The van der Waals surface area contributed by atoms with E-state index in [0.717, 1.165) is 32.1 Å². The molecule has 2 aliphatic carbocycles. The fraction of sp³-hybridized carbons (Fsp3) is 0.846. The van der Waals surface area contributed by atoms with Crippen molar-refractivity contribution in [3.8, 4) is 0 Å². The molecule has 0 radical (unpaired) electrons. The van der Waals surface area contributed by atoms with Crippen LogP contribution < -0.4 is 5.73 Å². The second kappa shape index (κ2) is 4.03. The van der Waals surface area contributed by atoms with E-state index < -0.39 is 0 Å². The van der Waals surface area contributed by atoms with E-state index in [-0.39, 0.29) is 11.1 Å². The molecule has 100 valence electrons. The van der Waals surface area contributed by atoms with Crippen molar-refractivity contribution < 1.29 is 9.26 Å². The van der Waals surface area contributed by atoms with Crippen molar-refractivity contribution in [2.75, 3.05) is 7.11 Å². The molecule has 1 aromatic heterocycles. The van der Waals surface area contributed by atoms with Crippen molar-refractivity contribution in [2.45, 2.75) is 56.6 Å². The molecule has 2 fully saturated rings. The van der Waals surface area contributed by atoms with Crippen molar-refractivity contribution in [2.24, 2.45) is 11.7 Å². The van der Waals surface area contributed by atoms with Crippen LogP contribution in [0, 0.1) is 5.92 Å². The minimum Gasteiger partial charge on any atom is -0.370 e. The lowest BCUT2D eigenvalue weighted by Crippen LogP contribution is -2.35. The molecule has 2 N–H and O–H groups in total. The van der Waals surface area contributed by atoms with Gasteiger partial charge in [-0.3, -0.25) is 0 Å². The van der Waals surface area contributed by atoms with E-state index in [1.807, 2.05) is 0 Å². The Hall–Kier alpha value is -0.940. The summed E-state index contributed by atoms with van der Waals surface area (Å²) in [4.78, 5) is 4.52. The zero-order valence-electron chi connectivity index (χ0n) is 11.1. The van der Waals surface area contributed by atoms with Crippen LogP contribution in [0.1, 0.15) is 57.2 Å². The molecule has 2 unspecified atom stereocenters. The first-order valence-electron chi connectivity index (χ1n) is 6.77. The van der Waals surface area contributed by atoms with Gasteiger partial charge in [-0.1, -0.05) is 18.5 Å². The molecule has 1 aromatic rings. The summed E-state index contributed by atoms with van der Waals surface area (Å²) >= 11 is 0. The van der Waals surface area contributed by atoms with Crippen molar-refractivity contribution in [1.29, 1.82) is 0 Å². The topological polar surface area (TPSA) is 74.2 Å². The minimum atomic E-state index is -0.370. The van der Waals surface area contributed by atoms with Gasteiger partial charge in [0.1, 0.15) is 5.60 Å². The van der Waals surface area contributed by atoms with Crippen molar-refractivity contribution in [1.82, 2.24) is 10.1 Å². The number of methoxy groups -OCH3 is 1. The van der Waals surface area contributed by atoms with Gasteiger partial charge in [-0.05, 0) is 38.0 Å². The Morgan fingerprint density at radius 2 is 2.17 bits per heavy atom. The number of rotatable bonds is 3. The summed E-state index contributed by atoms with van der Waals surface area (Å²) in [5.74, 6) is 1.89. The summed E-state index contributed by atoms with van der Waals surface area (Å²) in [6, 6.07) is 0. The van der Waals surface area contributed by atoms with E-state index in [2.05, 4.69) is 17.1 Å². The summed E-state index contributed by atoms with van der Waals surface area (Å²) in [6.07, 6.45) is 6.18. The number of nitrogens with zero attached hydrogens (tertiary/aromatic N) is 2. The van der Waals surface area contributed by atoms with Gasteiger partial charge >= 0.3 is 0 Å². The predicted octanol–water partition coefficient (Wildman–Crippen LogP) is 2.07. The third kappa shape index (κ3) is 1.86. The standard InChI is InChI=1S/C13H21N3O2/c1-9-4-3-5-13(8-9,17-2)10-15-11(18-16-10)12(14)6-7-12/h9H,3-8,14H2,1-2H3. The number of ether oxygens (including phenoxy) is 1. The molecular weight excluding hydrogens is 230 g/mol. The van der Waals surface area contributed by atoms with Crippen LogP contribution in [0.3, 0.4) is 0 Å². The maximum Gasteiger partial charge on any atom is 0.246 e. The zero-order valence-corrected chi connectivity index (χ0v) is 11.1. The predicted molar refractivity (Wildman–Crippen MR) is 65.7 cm³/mol. The highest BCUT2D eigenvalue weighted by atomic mass is 16.5. The molecule has 0 spiro atoms. The minimum absolute atomic E-state index is 0.361. The normalized spacial score (nSPS) is 34.5. The quantitative estimate of drug-likeness (QED) is 0.890. The second-order valence-corrected chi connectivity index (χ2v) is 5.98. The summed E-state index contributed by atoms with van der Waals surface area (Å²) in [5, 5.41) is 4.13. The smallest absolute Gasteiger partial charge is 0.246 e. The molecule has 0 aliphatic heterocycles. The monoisotopic (exact) mass is 251 g/mol. The second-order valence-electron chi connectivity index (χ2n) is 5.98. The average molecular weight is 251 g/mol. The summed E-state index contributed by atoms with van der Waals surface area (Å²) < 4.78 is 11.1. The Morgan fingerprint density at radius 1 is 1.39 bits per heavy atom. The van der Waals surface area contributed by atoms with Gasteiger partial charge in [0.2, 0.25) is 11.7 Å². The van der Waals surface area contributed by atoms with Gasteiger partial charge in [-0.25, -0.2) is 0 Å². The van der Waals surface area contributed by atoms with Gasteiger partial charge < -0.3 is 15.0 Å². The molecule has 2 atom stereocenters. The lowest BCUT2D eigenvalue weighted by molar-refractivity contribution is -0.0658. The van der Waals surface area contributed by atoms with E-state index in [9.17, 15) is 0 Å². The van der Waals surface area contributed by atoms with Crippen molar-refractivity contribution in [3.63, 3.8) is 0 Å². The fourth-order valence-corrected chi connectivity index (χ4v) is 2.94. The summed E-state index contributed by atoms with van der Waals surface area (Å²) in [5.41, 5.74) is 5.35. The highest BCUT2D eigenvalue weighted by Gasteiger charge is 2.48. The summed E-state index contributed by atoms with van der Waals surface area (Å²) in [6.45, 7) is 2.25. The van der Waals surface area contributed by atoms with Gasteiger partial charge in [-0.2, -0.15) is 4.98 Å². The van der Waals surface area contributed by atoms with Crippen LogP contribution in [-0.2, 0) is 15.9 Å². The molecule has 0 aromatic carbocycles. The molecule has 0 saturated heterocycles. The van der Waals surface area contributed by atoms with Crippen LogP contribution in [0.5, 0.6) is 0 Å². The Balaban J connectivity index is 1.89. The van der Waals surface area contributed by atoms with Gasteiger partial charge in [-0.15, -0.1) is 0 Å². The maximum atomic E-state index is 6.09. The van der Waals surface area contributed by atoms with Crippen LogP contribution in [-0.4, -0.2) is 17.3 Å². The van der Waals surface area contributed by atoms with Crippen LogP contribution in [0.25, 0.3) is 0 Å². The maximum absolute atomic E-state index is 6.09. The molecule has 2 aliphatic rings. The van der Waals surface area contributed by atoms with Gasteiger partial charge in [0.15, 0.2) is 0 Å². The van der Waals surface area contributed by atoms with E-state index in [0.29, 0.717) is 17.6 Å². The van der Waals surface area contributed by atoms with E-state index in [1.54, 1.807) is 7.11 Å². The fourth-order valence-electron chi connectivity index (χ4n) is 2.94. The van der Waals surface area contributed by atoms with E-state index in [1.165, 1.54) is 6.42 Å². The van der Waals surface area contributed by atoms with Gasteiger partial charge in [0.05, 0.1) is 5.54 Å². The first-order valence-corrected chi connectivity index (χ1v) is 6.77. The molecule has 0 bridgehead atoms. The zero-order chi connectivity index (χ0) is 12.8. The molecule has 5 heteroatoms. The molecule has 5 nitrogen and oxygen atoms in total. The number of aromatic nitrogens is 2. The molecule has 3 rings (SSSR count). The Bertz CT molecular complexity index is 441. The largest absolute Gasteiger partial charge is 0.370 e. The molecule has 1 heterocycles. The first kappa shape index (κ1) is 12.1. The number of nitrogens with two attached hydrogens (primary N) is 1. The van der Waals surface area contributed by atoms with Crippen LogP contribution >= 0.6 is 0 Å². The summed E-state index contributed by atoms with van der Waals surface area (Å²) in [7, 11) is 1.74. The number of hydrogen-bond donors (Lipinski definition) is 1. The lowest BCUT2D eigenvalue weighted by atomic mass is 9.78. The third-order valence-electron chi connectivity index (χ3n) is 4.39. The number of hydrogen-bond acceptors (Lipinski definition) is 5. The molecule has 0 amide bonds. The SMILES string of the molecule is COC1(c2noc(C3(N)CC3)n2)CCCC(C)C1. The molecular formula is C13H21N3O2. The van der Waals surface area contributed by atoms with Crippen LogP contribution in [0.2, 0.25) is 0 Å². The van der Waals surface area contributed by atoms with Gasteiger partial charge in [0.25, 0.3) is 0 Å². The van der Waals surface area contributed by atoms with Crippen LogP contribution in [0.15, 0.2) is 4.52 Å². The van der Waals surface area contributed by atoms with Gasteiger partial charge in [0, 0.05) is 7.11 Å². The van der Waals surface area contributed by atoms with Crippen molar-refractivity contribution >= 4 is 0 Å². The van der Waals surface area contributed by atoms with E-state index in [4.69, 9.17) is 15.0 Å². The third-order valence-corrected chi connectivity index (χ3v) is 4.39.